The molecule has 0 heterocycles. The zero-order valence-electron chi connectivity index (χ0n) is 7.69. The number of hydrogen-bond donors (Lipinski definition) is 0. The summed E-state index contributed by atoms with van der Waals surface area (Å²) in [4.78, 5) is 11.2. The van der Waals surface area contributed by atoms with Gasteiger partial charge < -0.3 is 4.74 Å². The number of ether oxygens (including phenoxy) is 1. The molecule has 0 aromatic carbocycles. The van der Waals surface area contributed by atoms with Gasteiger partial charge in [-0.05, 0) is 6.42 Å². The molecule has 0 aliphatic heterocycles. The van der Waals surface area contributed by atoms with Gasteiger partial charge in [-0.2, -0.15) is 0 Å². The number of ketones is 1. The van der Waals surface area contributed by atoms with E-state index < -0.39 is 9.58 Å². The van der Waals surface area contributed by atoms with Gasteiger partial charge >= 0.3 is 0 Å². The molecule has 0 bridgehead atoms. The van der Waals surface area contributed by atoms with E-state index in [9.17, 15) is 4.79 Å². The maximum Gasteiger partial charge on any atom is 0.252 e. The van der Waals surface area contributed by atoms with Gasteiger partial charge in [0.25, 0.3) is 3.79 Å². The Kier molecular flexibility index (Phi) is 6.46. The lowest BCUT2D eigenvalue weighted by Gasteiger charge is -2.12. The summed E-state index contributed by atoms with van der Waals surface area (Å²) in [6, 6.07) is 0. The fourth-order valence-electron chi connectivity index (χ4n) is 0.689. The van der Waals surface area contributed by atoms with Crippen LogP contribution in [0, 0.1) is 0 Å². The zero-order chi connectivity index (χ0) is 11.4. The van der Waals surface area contributed by atoms with E-state index in [1.165, 1.54) is 13.2 Å². The van der Waals surface area contributed by atoms with E-state index in [1.54, 1.807) is 0 Å². The second-order valence-corrected chi connectivity index (χ2v) is 5.88. The van der Waals surface area contributed by atoms with E-state index in [2.05, 4.69) is 15.9 Å². The maximum absolute atomic E-state index is 11.3. The van der Waals surface area contributed by atoms with Gasteiger partial charge in [-0.25, -0.2) is 0 Å². The third kappa shape index (κ3) is 4.87. The van der Waals surface area contributed by atoms with E-state index in [4.69, 9.17) is 39.5 Å². The largest absolute Gasteiger partial charge is 0.500 e. The number of carbonyl (C=O) groups is 1. The second-order valence-electron chi connectivity index (χ2n) is 2.49. The lowest BCUT2D eigenvalue weighted by molar-refractivity contribution is -0.114. The molecule has 0 aromatic rings. The van der Waals surface area contributed by atoms with E-state index in [0.29, 0.717) is 5.76 Å². The molecule has 0 spiro atoms. The topological polar surface area (TPSA) is 26.3 Å². The van der Waals surface area contributed by atoms with Crippen molar-refractivity contribution in [1.29, 1.82) is 0 Å². The summed E-state index contributed by atoms with van der Waals surface area (Å²) < 4.78 is 3.06. The Bertz CT molecular complexity index is 235. The van der Waals surface area contributed by atoms with Gasteiger partial charge in [-0.15, -0.1) is 0 Å². The predicted octanol–water partition coefficient (Wildman–Crippen LogP) is 3.63. The molecule has 0 saturated heterocycles. The molecule has 0 N–H and O–H groups in total. The average Bonchev–Trinajstić information content (AvgIpc) is 2.10. The van der Waals surface area contributed by atoms with Gasteiger partial charge in [-0.1, -0.05) is 57.7 Å². The number of halogens is 4. The molecule has 0 aromatic heterocycles. The predicted molar refractivity (Wildman–Crippen MR) is 63.4 cm³/mol. The highest BCUT2D eigenvalue weighted by Gasteiger charge is 2.29. The smallest absolute Gasteiger partial charge is 0.252 e. The van der Waals surface area contributed by atoms with E-state index >= 15 is 0 Å². The van der Waals surface area contributed by atoms with E-state index in [-0.39, 0.29) is 4.83 Å². The Morgan fingerprint density at radius 1 is 1.57 bits per heavy atom. The Labute approximate surface area is 107 Å². The van der Waals surface area contributed by atoms with Crippen LogP contribution in [-0.2, 0) is 9.53 Å². The molecule has 0 rings (SSSR count). The number of carbonyl (C=O) groups excluding carboxylic acids is 1. The van der Waals surface area contributed by atoms with Crippen LogP contribution in [0.2, 0.25) is 0 Å². The van der Waals surface area contributed by atoms with Crippen LogP contribution in [0.1, 0.15) is 13.3 Å². The Hall–Kier alpha value is 0.560. The van der Waals surface area contributed by atoms with Crippen molar-refractivity contribution in [3.05, 3.63) is 11.8 Å². The number of hydrogen-bond acceptors (Lipinski definition) is 2. The molecule has 0 fully saturated rings. The number of allylic oxidation sites excluding steroid dienone is 2. The first-order chi connectivity index (χ1) is 6.32. The number of rotatable bonds is 4. The Balaban J connectivity index is 4.69. The van der Waals surface area contributed by atoms with E-state index in [1.807, 2.05) is 6.92 Å². The minimum Gasteiger partial charge on any atom is -0.500 e. The van der Waals surface area contributed by atoms with Crippen molar-refractivity contribution in [1.82, 2.24) is 0 Å². The van der Waals surface area contributed by atoms with Crippen LogP contribution in [0.15, 0.2) is 11.8 Å². The molecule has 0 aliphatic carbocycles. The van der Waals surface area contributed by atoms with Gasteiger partial charge in [0.05, 0.1) is 11.9 Å². The summed E-state index contributed by atoms with van der Waals surface area (Å²) in [5.41, 5.74) is 0. The SMILES string of the molecule is CCC(Br)/C(=C/C(=O)C(Cl)(Cl)Cl)OC. The highest BCUT2D eigenvalue weighted by molar-refractivity contribution is 9.09. The van der Waals surface area contributed by atoms with Crippen LogP contribution in [-0.4, -0.2) is 21.5 Å². The summed E-state index contributed by atoms with van der Waals surface area (Å²) in [5.74, 6) is -0.166. The van der Waals surface area contributed by atoms with Gasteiger partial charge in [0.1, 0.15) is 5.76 Å². The third-order valence-corrected chi connectivity index (χ3v) is 3.11. The average molecular weight is 324 g/mol. The molecule has 82 valence electrons. The molecule has 0 amide bonds. The summed E-state index contributed by atoms with van der Waals surface area (Å²) in [7, 11) is 1.46. The molecule has 1 atom stereocenters. The summed E-state index contributed by atoms with van der Waals surface area (Å²) in [6.07, 6.45) is 1.96. The molecule has 0 aliphatic rings. The minimum atomic E-state index is -1.93. The summed E-state index contributed by atoms with van der Waals surface area (Å²) in [5, 5.41) is 0. The third-order valence-electron chi connectivity index (χ3n) is 1.46. The van der Waals surface area contributed by atoms with Gasteiger partial charge in [0.15, 0.2) is 0 Å². The van der Waals surface area contributed by atoms with Crippen molar-refractivity contribution in [3.63, 3.8) is 0 Å². The van der Waals surface area contributed by atoms with Gasteiger partial charge in [0.2, 0.25) is 5.78 Å². The van der Waals surface area contributed by atoms with Crippen LogP contribution in [0.4, 0.5) is 0 Å². The van der Waals surface area contributed by atoms with Crippen LogP contribution in [0.5, 0.6) is 0 Å². The fourth-order valence-corrected chi connectivity index (χ4v) is 1.17. The quantitative estimate of drug-likeness (QED) is 0.448. The fraction of sp³-hybridized carbons (Fsp3) is 0.625. The van der Waals surface area contributed by atoms with Crippen molar-refractivity contribution in [2.24, 2.45) is 0 Å². The summed E-state index contributed by atoms with van der Waals surface area (Å²) in [6.45, 7) is 1.94. The Morgan fingerprint density at radius 3 is 2.36 bits per heavy atom. The van der Waals surface area contributed by atoms with Crippen molar-refractivity contribution in [3.8, 4) is 0 Å². The van der Waals surface area contributed by atoms with Gasteiger partial charge in [-0.3, -0.25) is 4.79 Å². The zero-order valence-corrected chi connectivity index (χ0v) is 11.5. The highest BCUT2D eigenvalue weighted by Crippen LogP contribution is 2.29. The monoisotopic (exact) mass is 322 g/mol. The first-order valence-corrected chi connectivity index (χ1v) is 5.88. The Morgan fingerprint density at radius 2 is 2.07 bits per heavy atom. The molecule has 14 heavy (non-hydrogen) atoms. The normalized spacial score (nSPS) is 15.1. The van der Waals surface area contributed by atoms with Crippen molar-refractivity contribution in [2.75, 3.05) is 7.11 Å². The standard InChI is InChI=1S/C8H10BrCl3O2/c1-3-5(9)6(14-2)4-7(13)8(10,11)12/h4-5H,3H2,1-2H3/b6-4-. The molecule has 2 nitrogen and oxygen atoms in total. The van der Waals surface area contributed by atoms with Crippen LogP contribution < -0.4 is 0 Å². The van der Waals surface area contributed by atoms with Crippen molar-refractivity contribution in [2.45, 2.75) is 22.0 Å². The lowest BCUT2D eigenvalue weighted by atomic mass is 10.2. The molecule has 0 saturated carbocycles. The lowest BCUT2D eigenvalue weighted by Crippen LogP contribution is -2.18. The molecular weight excluding hydrogens is 314 g/mol. The number of alkyl halides is 4. The maximum atomic E-state index is 11.3. The summed E-state index contributed by atoms with van der Waals surface area (Å²) >= 11 is 19.5. The van der Waals surface area contributed by atoms with E-state index in [0.717, 1.165) is 6.42 Å². The van der Waals surface area contributed by atoms with Gasteiger partial charge in [0, 0.05) is 6.08 Å². The first-order valence-electron chi connectivity index (χ1n) is 3.83. The highest BCUT2D eigenvalue weighted by atomic mass is 79.9. The molecule has 0 radical (unpaired) electrons. The molecular formula is C8H10BrCl3O2. The van der Waals surface area contributed by atoms with Crippen molar-refractivity contribution < 1.29 is 9.53 Å². The van der Waals surface area contributed by atoms with Crippen LogP contribution in [0.25, 0.3) is 0 Å². The molecule has 1 unspecified atom stereocenters. The first kappa shape index (κ1) is 14.6. The van der Waals surface area contributed by atoms with Crippen molar-refractivity contribution >= 4 is 56.5 Å². The minimum absolute atomic E-state index is 0.0520. The van der Waals surface area contributed by atoms with Crippen LogP contribution >= 0.6 is 50.7 Å². The van der Waals surface area contributed by atoms with Crippen LogP contribution in [0.3, 0.4) is 0 Å². The number of methoxy groups -OCH3 is 1. The molecule has 6 heteroatoms. The second kappa shape index (κ2) is 6.21.